The highest BCUT2D eigenvalue weighted by Gasteiger charge is 2.12. The highest BCUT2D eigenvalue weighted by molar-refractivity contribution is 6.31. The van der Waals surface area contributed by atoms with Crippen molar-refractivity contribution in [3.8, 4) is 11.5 Å². The lowest BCUT2D eigenvalue weighted by atomic mass is 10.2. The number of esters is 2. The molecule has 2 aromatic carbocycles. The van der Waals surface area contributed by atoms with Gasteiger partial charge in [-0.05, 0) is 67.8 Å². The molecule has 2 rings (SSSR count). The van der Waals surface area contributed by atoms with Gasteiger partial charge in [-0.2, -0.15) is 0 Å². The molecule has 0 aliphatic rings. The summed E-state index contributed by atoms with van der Waals surface area (Å²) in [6, 6.07) is 10.3. The van der Waals surface area contributed by atoms with E-state index < -0.39 is 11.9 Å². The third-order valence-electron chi connectivity index (χ3n) is 3.63. The SMILES string of the molecule is Cc1cc(Cl)ccc1OCCCC(=O)OC(=O)COc1ccc(Cl)cc1C. The third-order valence-corrected chi connectivity index (χ3v) is 4.10. The summed E-state index contributed by atoms with van der Waals surface area (Å²) in [7, 11) is 0. The van der Waals surface area contributed by atoms with Gasteiger partial charge < -0.3 is 14.2 Å². The molecule has 0 fully saturated rings. The van der Waals surface area contributed by atoms with Crippen LogP contribution in [0.25, 0.3) is 0 Å². The van der Waals surface area contributed by atoms with Gasteiger partial charge in [0.2, 0.25) is 0 Å². The van der Waals surface area contributed by atoms with Gasteiger partial charge in [-0.15, -0.1) is 0 Å². The van der Waals surface area contributed by atoms with E-state index in [1.54, 1.807) is 43.3 Å². The van der Waals surface area contributed by atoms with Crippen molar-refractivity contribution in [1.82, 2.24) is 0 Å². The first kappa shape index (κ1) is 21.1. The van der Waals surface area contributed by atoms with Crippen LogP contribution in [-0.2, 0) is 14.3 Å². The lowest BCUT2D eigenvalue weighted by Gasteiger charge is -2.10. The zero-order valence-electron chi connectivity index (χ0n) is 15.1. The normalized spacial score (nSPS) is 10.4. The summed E-state index contributed by atoms with van der Waals surface area (Å²) in [5, 5.41) is 1.21. The summed E-state index contributed by atoms with van der Waals surface area (Å²) in [6.07, 6.45) is 0.490. The Balaban J connectivity index is 1.66. The summed E-state index contributed by atoms with van der Waals surface area (Å²) >= 11 is 11.7. The number of benzene rings is 2. The van der Waals surface area contributed by atoms with Gasteiger partial charge in [0.25, 0.3) is 0 Å². The van der Waals surface area contributed by atoms with E-state index in [1.165, 1.54) is 0 Å². The Labute approximate surface area is 168 Å². The van der Waals surface area contributed by atoms with Gasteiger partial charge in [-0.1, -0.05) is 23.2 Å². The van der Waals surface area contributed by atoms with Crippen molar-refractivity contribution in [1.29, 1.82) is 0 Å². The van der Waals surface area contributed by atoms with Crippen LogP contribution in [0.1, 0.15) is 24.0 Å². The molecule has 0 aliphatic heterocycles. The Morgan fingerprint density at radius 2 is 1.41 bits per heavy atom. The van der Waals surface area contributed by atoms with Crippen molar-refractivity contribution in [3.05, 3.63) is 57.6 Å². The molecule has 2 aromatic rings. The second kappa shape index (κ2) is 10.2. The van der Waals surface area contributed by atoms with E-state index in [2.05, 4.69) is 0 Å². The summed E-state index contributed by atoms with van der Waals surface area (Å²) in [4.78, 5) is 23.4. The predicted octanol–water partition coefficient (Wildman–Crippen LogP) is 4.92. The molecule has 0 spiro atoms. The van der Waals surface area contributed by atoms with E-state index in [4.69, 9.17) is 37.4 Å². The monoisotopic (exact) mass is 410 g/mol. The lowest BCUT2D eigenvalue weighted by molar-refractivity contribution is -0.161. The van der Waals surface area contributed by atoms with E-state index >= 15 is 0 Å². The minimum Gasteiger partial charge on any atom is -0.493 e. The molecule has 0 atom stereocenters. The molecular formula is C20H20Cl2O5. The average molecular weight is 411 g/mol. The van der Waals surface area contributed by atoms with Crippen LogP contribution in [-0.4, -0.2) is 25.2 Å². The van der Waals surface area contributed by atoms with Gasteiger partial charge in [-0.3, -0.25) is 4.79 Å². The molecule has 0 saturated carbocycles. The minimum absolute atomic E-state index is 0.0678. The van der Waals surface area contributed by atoms with Crippen LogP contribution in [0.4, 0.5) is 0 Å². The fourth-order valence-electron chi connectivity index (χ4n) is 2.29. The van der Waals surface area contributed by atoms with Crippen LogP contribution in [0.15, 0.2) is 36.4 Å². The maximum Gasteiger partial charge on any atom is 0.351 e. The molecule has 144 valence electrons. The van der Waals surface area contributed by atoms with Crippen LogP contribution in [0.3, 0.4) is 0 Å². The molecule has 0 aromatic heterocycles. The number of hydrogen-bond donors (Lipinski definition) is 0. The van der Waals surface area contributed by atoms with Crippen LogP contribution in [0, 0.1) is 13.8 Å². The second-order valence-corrected chi connectivity index (χ2v) is 6.78. The second-order valence-electron chi connectivity index (χ2n) is 5.91. The summed E-state index contributed by atoms with van der Waals surface area (Å²) in [5.41, 5.74) is 1.70. The van der Waals surface area contributed by atoms with Crippen molar-refractivity contribution < 1.29 is 23.8 Å². The van der Waals surface area contributed by atoms with E-state index in [0.29, 0.717) is 34.6 Å². The highest BCUT2D eigenvalue weighted by atomic mass is 35.5. The Bertz CT molecular complexity index is 820. The Morgan fingerprint density at radius 3 is 1.96 bits per heavy atom. The van der Waals surface area contributed by atoms with Crippen LogP contribution < -0.4 is 9.47 Å². The van der Waals surface area contributed by atoms with Crippen LogP contribution in [0.5, 0.6) is 11.5 Å². The maximum atomic E-state index is 11.7. The topological polar surface area (TPSA) is 61.8 Å². The zero-order valence-corrected chi connectivity index (χ0v) is 16.6. The Kier molecular flexibility index (Phi) is 7.95. The predicted molar refractivity (Wildman–Crippen MR) is 104 cm³/mol. The standard InChI is InChI=1S/C20H20Cl2O5/c1-13-10-15(21)5-7-17(13)25-9-3-4-19(23)27-20(24)12-26-18-8-6-16(22)11-14(18)2/h5-8,10-11H,3-4,9,12H2,1-2H3. The molecule has 0 heterocycles. The number of halogens is 2. The van der Waals surface area contributed by atoms with Gasteiger partial charge in [0.1, 0.15) is 11.5 Å². The minimum atomic E-state index is -0.746. The van der Waals surface area contributed by atoms with Crippen LogP contribution >= 0.6 is 23.2 Å². The highest BCUT2D eigenvalue weighted by Crippen LogP contribution is 2.22. The summed E-state index contributed by atoms with van der Waals surface area (Å²) in [6.45, 7) is 3.66. The lowest BCUT2D eigenvalue weighted by Crippen LogP contribution is -2.19. The first-order chi connectivity index (χ1) is 12.8. The molecule has 0 N–H and O–H groups in total. The van der Waals surface area contributed by atoms with Crippen molar-refractivity contribution in [2.75, 3.05) is 13.2 Å². The van der Waals surface area contributed by atoms with Gasteiger partial charge in [0.05, 0.1) is 6.61 Å². The fraction of sp³-hybridized carbons (Fsp3) is 0.300. The Hall–Kier alpha value is -2.24. The fourth-order valence-corrected chi connectivity index (χ4v) is 2.75. The van der Waals surface area contributed by atoms with E-state index in [9.17, 15) is 9.59 Å². The molecule has 0 radical (unpaired) electrons. The zero-order chi connectivity index (χ0) is 19.8. The van der Waals surface area contributed by atoms with E-state index in [0.717, 1.165) is 11.1 Å². The number of hydrogen-bond acceptors (Lipinski definition) is 5. The molecule has 27 heavy (non-hydrogen) atoms. The molecule has 0 saturated heterocycles. The molecule has 0 amide bonds. The molecule has 0 unspecified atom stereocenters. The third kappa shape index (κ3) is 7.12. The van der Waals surface area contributed by atoms with Gasteiger partial charge in [0.15, 0.2) is 6.61 Å². The number of rotatable bonds is 8. The van der Waals surface area contributed by atoms with Gasteiger partial charge >= 0.3 is 11.9 Å². The van der Waals surface area contributed by atoms with Crippen molar-refractivity contribution in [2.24, 2.45) is 0 Å². The van der Waals surface area contributed by atoms with Crippen molar-refractivity contribution >= 4 is 35.1 Å². The van der Waals surface area contributed by atoms with E-state index in [-0.39, 0.29) is 13.0 Å². The first-order valence-electron chi connectivity index (χ1n) is 8.36. The average Bonchev–Trinajstić information content (AvgIpc) is 2.59. The quantitative estimate of drug-likeness (QED) is 0.351. The summed E-state index contributed by atoms with van der Waals surface area (Å²) < 4.78 is 15.7. The smallest absolute Gasteiger partial charge is 0.351 e. The number of carbonyl (C=O) groups is 2. The number of carbonyl (C=O) groups excluding carboxylic acids is 2. The largest absolute Gasteiger partial charge is 0.493 e. The molecular weight excluding hydrogens is 391 g/mol. The van der Waals surface area contributed by atoms with Gasteiger partial charge in [0, 0.05) is 16.5 Å². The molecule has 0 bridgehead atoms. The molecule has 0 aliphatic carbocycles. The first-order valence-corrected chi connectivity index (χ1v) is 9.12. The van der Waals surface area contributed by atoms with Gasteiger partial charge in [-0.25, -0.2) is 4.79 Å². The summed E-state index contributed by atoms with van der Waals surface area (Å²) in [5.74, 6) is -0.150. The number of aryl methyl sites for hydroxylation is 2. The van der Waals surface area contributed by atoms with Crippen molar-refractivity contribution in [3.63, 3.8) is 0 Å². The molecule has 5 nitrogen and oxygen atoms in total. The van der Waals surface area contributed by atoms with Crippen molar-refractivity contribution in [2.45, 2.75) is 26.7 Å². The number of ether oxygens (including phenoxy) is 3. The van der Waals surface area contributed by atoms with Crippen LogP contribution in [0.2, 0.25) is 10.0 Å². The van der Waals surface area contributed by atoms with E-state index in [1.807, 2.05) is 6.92 Å². The Morgan fingerprint density at radius 1 is 0.852 bits per heavy atom. The molecule has 7 heteroatoms. The maximum absolute atomic E-state index is 11.7.